The molecule has 2 nitrogen and oxygen atoms in total. The van der Waals surface area contributed by atoms with Gasteiger partial charge >= 0.3 is 0 Å². The van der Waals surface area contributed by atoms with Gasteiger partial charge in [0.25, 0.3) is 5.91 Å². The third-order valence-corrected chi connectivity index (χ3v) is 5.07. The van der Waals surface area contributed by atoms with Crippen LogP contribution in [0.2, 0.25) is 0 Å². The summed E-state index contributed by atoms with van der Waals surface area (Å²) in [5.74, 6) is 0.771. The minimum Gasteiger partial charge on any atom is -0.345 e. The van der Waals surface area contributed by atoms with Crippen molar-refractivity contribution in [1.29, 1.82) is 0 Å². The van der Waals surface area contributed by atoms with E-state index < -0.39 is 0 Å². The van der Waals surface area contributed by atoms with Crippen LogP contribution in [0.5, 0.6) is 0 Å². The predicted molar refractivity (Wildman–Crippen MR) is 104 cm³/mol. The molecule has 0 bridgehead atoms. The lowest BCUT2D eigenvalue weighted by Crippen LogP contribution is -2.29. The van der Waals surface area contributed by atoms with Gasteiger partial charge in [-0.1, -0.05) is 48.9 Å². The Morgan fingerprint density at radius 3 is 2.67 bits per heavy atom. The van der Waals surface area contributed by atoms with Crippen molar-refractivity contribution in [3.63, 3.8) is 0 Å². The molecule has 0 aliphatic carbocycles. The van der Waals surface area contributed by atoms with Gasteiger partial charge in [0, 0.05) is 10.6 Å². The largest absolute Gasteiger partial charge is 0.345 e. The Balaban J connectivity index is 2.22. The number of aryl methyl sites for hydroxylation is 2. The zero-order valence-electron chi connectivity index (χ0n) is 14.6. The van der Waals surface area contributed by atoms with Gasteiger partial charge < -0.3 is 5.32 Å². The zero-order valence-corrected chi connectivity index (χ0v) is 15.5. The Hall–Kier alpha value is -2.00. The molecule has 2 aromatic rings. The molecule has 0 saturated heterocycles. The van der Waals surface area contributed by atoms with Gasteiger partial charge in [-0.25, -0.2) is 0 Å². The summed E-state index contributed by atoms with van der Waals surface area (Å²) in [6.07, 6.45) is 2.71. The summed E-state index contributed by atoms with van der Waals surface area (Å²) in [6, 6.07) is 14.2. The molecule has 3 heteroatoms. The maximum Gasteiger partial charge on any atom is 0.252 e. The highest BCUT2D eigenvalue weighted by Gasteiger charge is 2.18. The van der Waals surface area contributed by atoms with Gasteiger partial charge in [-0.3, -0.25) is 4.79 Å². The molecular weight excluding hydrogens is 314 g/mol. The molecule has 0 spiro atoms. The fourth-order valence-electron chi connectivity index (χ4n) is 2.78. The maximum absolute atomic E-state index is 12.8. The summed E-state index contributed by atoms with van der Waals surface area (Å²) in [6.45, 7) is 10.0. The summed E-state index contributed by atoms with van der Waals surface area (Å²) in [5.41, 5.74) is 4.38. The van der Waals surface area contributed by atoms with E-state index in [4.69, 9.17) is 0 Å². The van der Waals surface area contributed by atoms with Crippen LogP contribution in [0.25, 0.3) is 0 Å². The van der Waals surface area contributed by atoms with Crippen LogP contribution >= 0.6 is 11.8 Å². The molecule has 0 fully saturated rings. The lowest BCUT2D eigenvalue weighted by molar-refractivity contribution is 0.0932. The molecule has 0 heterocycles. The third-order valence-electron chi connectivity index (χ3n) is 4.00. The van der Waals surface area contributed by atoms with Gasteiger partial charge in [0.1, 0.15) is 0 Å². The van der Waals surface area contributed by atoms with E-state index in [1.54, 1.807) is 11.8 Å². The molecule has 1 unspecified atom stereocenters. The second-order valence-corrected chi connectivity index (χ2v) is 6.95. The van der Waals surface area contributed by atoms with Crippen molar-refractivity contribution in [3.05, 3.63) is 77.4 Å². The van der Waals surface area contributed by atoms with Crippen LogP contribution in [0.15, 0.2) is 60.0 Å². The molecule has 1 atom stereocenters. The zero-order chi connectivity index (χ0) is 17.5. The fraction of sp³-hybridized carbons (Fsp3) is 0.286. The van der Waals surface area contributed by atoms with E-state index in [1.165, 1.54) is 16.7 Å². The highest BCUT2D eigenvalue weighted by atomic mass is 32.2. The highest BCUT2D eigenvalue weighted by molar-refractivity contribution is 7.99. The average molecular weight is 340 g/mol. The number of rotatable bonds is 7. The molecule has 2 rings (SSSR count). The quantitative estimate of drug-likeness (QED) is 0.536. The molecular formula is C21H25NOS. The van der Waals surface area contributed by atoms with E-state index in [0.29, 0.717) is 0 Å². The first-order valence-electron chi connectivity index (χ1n) is 8.27. The molecule has 0 saturated carbocycles. The van der Waals surface area contributed by atoms with Crippen LogP contribution in [0.4, 0.5) is 0 Å². The third kappa shape index (κ3) is 4.51. The lowest BCUT2D eigenvalue weighted by atomic mass is 9.97. The summed E-state index contributed by atoms with van der Waals surface area (Å²) in [7, 11) is 0. The second-order valence-electron chi connectivity index (χ2n) is 5.89. The van der Waals surface area contributed by atoms with Gasteiger partial charge in [0.2, 0.25) is 0 Å². The first-order valence-corrected chi connectivity index (χ1v) is 9.26. The molecule has 0 aliphatic rings. The van der Waals surface area contributed by atoms with E-state index in [1.807, 2.05) is 30.3 Å². The Kier molecular flexibility index (Phi) is 6.68. The molecule has 0 aliphatic heterocycles. The SMILES string of the molecule is C=CCSc1ccccc1C(=O)NC(CC)c1ccc(C)cc1C. The average Bonchev–Trinajstić information content (AvgIpc) is 2.58. The predicted octanol–water partition coefficient (Wildman–Crippen LogP) is 5.46. The summed E-state index contributed by atoms with van der Waals surface area (Å²) in [4.78, 5) is 13.8. The van der Waals surface area contributed by atoms with E-state index in [9.17, 15) is 4.79 Å². The Labute approximate surface area is 149 Å². The fourth-order valence-corrected chi connectivity index (χ4v) is 3.57. The smallest absolute Gasteiger partial charge is 0.252 e. The Morgan fingerprint density at radius 2 is 2.00 bits per heavy atom. The number of carbonyl (C=O) groups excluding carboxylic acids is 1. The molecule has 0 aromatic heterocycles. The van der Waals surface area contributed by atoms with Crippen LogP contribution in [-0.2, 0) is 0 Å². The molecule has 126 valence electrons. The lowest BCUT2D eigenvalue weighted by Gasteiger charge is -2.20. The van der Waals surface area contributed by atoms with Gasteiger partial charge in [-0.05, 0) is 43.5 Å². The Morgan fingerprint density at radius 1 is 1.25 bits per heavy atom. The maximum atomic E-state index is 12.8. The van der Waals surface area contributed by atoms with Crippen molar-refractivity contribution in [2.24, 2.45) is 0 Å². The number of nitrogens with one attached hydrogen (secondary N) is 1. The minimum absolute atomic E-state index is 0.0195. The van der Waals surface area contributed by atoms with Crippen molar-refractivity contribution >= 4 is 17.7 Å². The van der Waals surface area contributed by atoms with Gasteiger partial charge in [-0.2, -0.15) is 0 Å². The van der Waals surface area contributed by atoms with Gasteiger partial charge in [0.05, 0.1) is 11.6 Å². The van der Waals surface area contributed by atoms with Crippen molar-refractivity contribution in [2.45, 2.75) is 38.1 Å². The number of hydrogen-bond acceptors (Lipinski definition) is 2. The molecule has 24 heavy (non-hydrogen) atoms. The summed E-state index contributed by atoms with van der Waals surface area (Å²) < 4.78 is 0. The van der Waals surface area contributed by atoms with E-state index in [0.717, 1.165) is 22.6 Å². The Bertz CT molecular complexity index is 724. The number of amides is 1. The van der Waals surface area contributed by atoms with Crippen LogP contribution in [0.3, 0.4) is 0 Å². The number of carbonyl (C=O) groups is 1. The first-order chi connectivity index (χ1) is 11.6. The molecule has 0 radical (unpaired) electrons. The normalized spacial score (nSPS) is 11.8. The monoisotopic (exact) mass is 339 g/mol. The van der Waals surface area contributed by atoms with E-state index >= 15 is 0 Å². The standard InChI is InChI=1S/C21H25NOS/c1-5-13-24-20-10-8-7-9-18(20)21(23)22-19(6-2)17-12-11-15(3)14-16(17)4/h5,7-12,14,19H,1,6,13H2,2-4H3,(H,22,23). The van der Waals surface area contributed by atoms with Crippen molar-refractivity contribution in [2.75, 3.05) is 5.75 Å². The summed E-state index contributed by atoms with van der Waals surface area (Å²) in [5, 5.41) is 3.20. The van der Waals surface area contributed by atoms with Crippen LogP contribution < -0.4 is 5.32 Å². The second kappa shape index (κ2) is 8.74. The summed E-state index contributed by atoms with van der Waals surface area (Å²) >= 11 is 1.63. The number of benzene rings is 2. The molecule has 1 N–H and O–H groups in total. The number of thioether (sulfide) groups is 1. The van der Waals surface area contributed by atoms with Crippen LogP contribution in [0.1, 0.15) is 46.4 Å². The van der Waals surface area contributed by atoms with Crippen molar-refractivity contribution in [3.8, 4) is 0 Å². The van der Waals surface area contributed by atoms with Gasteiger partial charge in [-0.15, -0.1) is 18.3 Å². The van der Waals surface area contributed by atoms with Crippen LogP contribution in [0, 0.1) is 13.8 Å². The van der Waals surface area contributed by atoms with Crippen molar-refractivity contribution in [1.82, 2.24) is 5.32 Å². The van der Waals surface area contributed by atoms with Crippen LogP contribution in [-0.4, -0.2) is 11.7 Å². The minimum atomic E-state index is -0.0195. The molecule has 2 aromatic carbocycles. The van der Waals surface area contributed by atoms with E-state index in [-0.39, 0.29) is 11.9 Å². The highest BCUT2D eigenvalue weighted by Crippen LogP contribution is 2.25. The topological polar surface area (TPSA) is 29.1 Å². The van der Waals surface area contributed by atoms with Crippen molar-refractivity contribution < 1.29 is 4.79 Å². The molecule has 1 amide bonds. The van der Waals surface area contributed by atoms with Gasteiger partial charge in [0.15, 0.2) is 0 Å². The number of hydrogen-bond donors (Lipinski definition) is 1. The first kappa shape index (κ1) is 18.3. The van der Waals surface area contributed by atoms with E-state index in [2.05, 4.69) is 50.9 Å².